The van der Waals surface area contributed by atoms with Crippen LogP contribution in [0.5, 0.6) is 5.75 Å². The van der Waals surface area contributed by atoms with Crippen LogP contribution in [0.15, 0.2) is 77.7 Å². The maximum atomic E-state index is 13.0. The number of rotatable bonds is 6. The van der Waals surface area contributed by atoms with Gasteiger partial charge in [0.2, 0.25) is 0 Å². The van der Waals surface area contributed by atoms with Crippen LogP contribution >= 0.6 is 35.6 Å². The van der Waals surface area contributed by atoms with Crippen molar-refractivity contribution in [1.29, 1.82) is 0 Å². The van der Waals surface area contributed by atoms with E-state index in [1.807, 2.05) is 85.8 Å². The third kappa shape index (κ3) is 5.37. The van der Waals surface area contributed by atoms with Crippen molar-refractivity contribution in [2.24, 2.45) is 0 Å². The molecule has 0 aromatic heterocycles. The number of hydrogen-bond acceptors (Lipinski definition) is 4. The molecule has 6 heteroatoms. The van der Waals surface area contributed by atoms with Gasteiger partial charge in [0, 0.05) is 10.6 Å². The van der Waals surface area contributed by atoms with E-state index in [0.717, 1.165) is 16.7 Å². The molecule has 0 saturated carbocycles. The van der Waals surface area contributed by atoms with E-state index in [0.29, 0.717) is 33.1 Å². The van der Waals surface area contributed by atoms with E-state index >= 15 is 0 Å². The Hall–Kier alpha value is -2.60. The second kappa shape index (κ2) is 9.69. The smallest absolute Gasteiger partial charge is 0.266 e. The van der Waals surface area contributed by atoms with Crippen LogP contribution in [0.4, 0.5) is 0 Å². The lowest BCUT2D eigenvalue weighted by molar-refractivity contribution is -0.122. The maximum Gasteiger partial charge on any atom is 0.266 e. The molecule has 0 atom stereocenters. The first kappa shape index (κ1) is 21.6. The highest BCUT2D eigenvalue weighted by molar-refractivity contribution is 8.26. The van der Waals surface area contributed by atoms with Gasteiger partial charge in [-0.25, -0.2) is 0 Å². The zero-order chi connectivity index (χ0) is 21.8. The Morgan fingerprint density at radius 1 is 1.00 bits per heavy atom. The summed E-state index contributed by atoms with van der Waals surface area (Å²) in [7, 11) is 0. The molecule has 0 N–H and O–H groups in total. The van der Waals surface area contributed by atoms with E-state index in [9.17, 15) is 4.79 Å². The molecular weight excluding hydrogens is 446 g/mol. The number of hydrogen-bond donors (Lipinski definition) is 0. The first-order valence-corrected chi connectivity index (χ1v) is 11.4. The van der Waals surface area contributed by atoms with Crippen molar-refractivity contribution in [2.45, 2.75) is 20.1 Å². The summed E-state index contributed by atoms with van der Waals surface area (Å²) in [6, 6.07) is 23.3. The molecule has 1 saturated heterocycles. The van der Waals surface area contributed by atoms with E-state index < -0.39 is 0 Å². The molecule has 1 heterocycles. The van der Waals surface area contributed by atoms with Crippen molar-refractivity contribution in [3.05, 3.63) is 105 Å². The molecule has 1 amide bonds. The van der Waals surface area contributed by atoms with E-state index in [1.54, 1.807) is 4.90 Å². The number of amides is 1. The van der Waals surface area contributed by atoms with Gasteiger partial charge in [0.1, 0.15) is 16.7 Å². The highest BCUT2D eigenvalue weighted by Gasteiger charge is 2.32. The second-order valence-corrected chi connectivity index (χ2v) is 9.32. The number of para-hydroxylation sites is 1. The van der Waals surface area contributed by atoms with Crippen molar-refractivity contribution >= 4 is 51.9 Å². The number of benzene rings is 3. The Balaban J connectivity index is 1.50. The minimum atomic E-state index is -0.0805. The SMILES string of the molecule is Cc1ccc(CN2C(=O)/C(=C/c3ccccc3OCc3ccc(Cl)cc3)SC2=S)cc1. The molecule has 3 aromatic carbocycles. The van der Waals surface area contributed by atoms with Gasteiger partial charge in [-0.15, -0.1) is 0 Å². The number of aryl methyl sites for hydroxylation is 1. The van der Waals surface area contributed by atoms with Crippen LogP contribution in [0.2, 0.25) is 5.02 Å². The Morgan fingerprint density at radius 2 is 1.68 bits per heavy atom. The lowest BCUT2D eigenvalue weighted by Crippen LogP contribution is -2.27. The van der Waals surface area contributed by atoms with Crippen molar-refractivity contribution in [1.82, 2.24) is 4.90 Å². The van der Waals surface area contributed by atoms with Gasteiger partial charge in [-0.2, -0.15) is 0 Å². The fourth-order valence-electron chi connectivity index (χ4n) is 3.13. The Labute approximate surface area is 196 Å². The van der Waals surface area contributed by atoms with Crippen molar-refractivity contribution in [3.8, 4) is 5.75 Å². The number of carbonyl (C=O) groups excluding carboxylic acids is 1. The minimum Gasteiger partial charge on any atom is -0.488 e. The summed E-state index contributed by atoms with van der Waals surface area (Å²) in [6.07, 6.45) is 1.85. The number of nitrogens with zero attached hydrogens (tertiary/aromatic N) is 1. The Morgan fingerprint density at radius 3 is 2.42 bits per heavy atom. The monoisotopic (exact) mass is 465 g/mol. The highest BCUT2D eigenvalue weighted by Crippen LogP contribution is 2.35. The lowest BCUT2D eigenvalue weighted by Gasteiger charge is -2.14. The summed E-state index contributed by atoms with van der Waals surface area (Å²) in [5, 5.41) is 0.691. The quantitative estimate of drug-likeness (QED) is 0.302. The minimum absolute atomic E-state index is 0.0805. The first-order chi connectivity index (χ1) is 15.0. The molecule has 4 rings (SSSR count). The normalized spacial score (nSPS) is 15.0. The summed E-state index contributed by atoms with van der Waals surface area (Å²) in [4.78, 5) is 15.3. The van der Waals surface area contributed by atoms with Crippen LogP contribution in [-0.2, 0) is 17.9 Å². The molecule has 156 valence electrons. The molecule has 3 aromatic rings. The Kier molecular flexibility index (Phi) is 6.76. The zero-order valence-electron chi connectivity index (χ0n) is 16.9. The molecular formula is C25H20ClNO2S2. The average molecular weight is 466 g/mol. The summed E-state index contributed by atoms with van der Waals surface area (Å²) in [5.74, 6) is 0.629. The molecule has 1 aliphatic rings. The van der Waals surface area contributed by atoms with Crippen LogP contribution in [0.25, 0.3) is 6.08 Å². The number of thioether (sulfide) groups is 1. The fraction of sp³-hybridized carbons (Fsp3) is 0.120. The van der Waals surface area contributed by atoms with Gasteiger partial charge in [-0.05, 0) is 42.3 Å². The van der Waals surface area contributed by atoms with E-state index in [4.69, 9.17) is 28.6 Å². The third-order valence-electron chi connectivity index (χ3n) is 4.85. The zero-order valence-corrected chi connectivity index (χ0v) is 19.3. The van der Waals surface area contributed by atoms with Gasteiger partial charge in [0.05, 0.1) is 11.4 Å². The van der Waals surface area contributed by atoms with Crippen LogP contribution in [-0.4, -0.2) is 15.1 Å². The number of carbonyl (C=O) groups is 1. The third-order valence-corrected chi connectivity index (χ3v) is 6.48. The Bertz CT molecular complexity index is 1140. The second-order valence-electron chi connectivity index (χ2n) is 7.21. The van der Waals surface area contributed by atoms with Crippen LogP contribution in [0.1, 0.15) is 22.3 Å². The molecule has 31 heavy (non-hydrogen) atoms. The topological polar surface area (TPSA) is 29.5 Å². The van der Waals surface area contributed by atoms with E-state index in [-0.39, 0.29) is 5.91 Å². The average Bonchev–Trinajstić information content (AvgIpc) is 3.03. The van der Waals surface area contributed by atoms with Gasteiger partial charge < -0.3 is 4.74 Å². The van der Waals surface area contributed by atoms with Crippen LogP contribution < -0.4 is 4.74 Å². The van der Waals surface area contributed by atoms with Gasteiger partial charge in [-0.1, -0.05) is 95.7 Å². The lowest BCUT2D eigenvalue weighted by atomic mass is 10.1. The van der Waals surface area contributed by atoms with Crippen LogP contribution in [0.3, 0.4) is 0 Å². The van der Waals surface area contributed by atoms with Crippen molar-refractivity contribution < 1.29 is 9.53 Å². The number of thiocarbonyl (C=S) groups is 1. The first-order valence-electron chi connectivity index (χ1n) is 9.77. The predicted octanol–water partition coefficient (Wildman–Crippen LogP) is 6.63. The highest BCUT2D eigenvalue weighted by atomic mass is 35.5. The van der Waals surface area contributed by atoms with Gasteiger partial charge in [0.25, 0.3) is 5.91 Å². The fourth-order valence-corrected chi connectivity index (χ4v) is 4.50. The number of halogens is 1. The number of ether oxygens (including phenoxy) is 1. The molecule has 0 unspecified atom stereocenters. The predicted molar refractivity (Wildman–Crippen MR) is 132 cm³/mol. The molecule has 3 nitrogen and oxygen atoms in total. The summed E-state index contributed by atoms with van der Waals surface area (Å²) in [6.45, 7) is 2.92. The summed E-state index contributed by atoms with van der Waals surface area (Å²) in [5.41, 5.74) is 4.09. The standard InChI is InChI=1S/C25H20ClNO2S2/c1-17-6-8-18(9-7-17)15-27-24(28)23(31-25(27)30)14-20-4-2-3-5-22(20)29-16-19-10-12-21(26)13-11-19/h2-14H,15-16H2,1H3/b23-14-. The van der Waals surface area contributed by atoms with Gasteiger partial charge >= 0.3 is 0 Å². The van der Waals surface area contributed by atoms with Gasteiger partial charge in [0.15, 0.2) is 0 Å². The molecule has 1 fully saturated rings. The van der Waals surface area contributed by atoms with Gasteiger partial charge in [-0.3, -0.25) is 9.69 Å². The van der Waals surface area contributed by atoms with E-state index in [1.165, 1.54) is 17.3 Å². The molecule has 0 bridgehead atoms. The van der Waals surface area contributed by atoms with Crippen LogP contribution in [0, 0.1) is 6.92 Å². The van der Waals surface area contributed by atoms with Crippen molar-refractivity contribution in [2.75, 3.05) is 0 Å². The summed E-state index contributed by atoms with van der Waals surface area (Å²) >= 11 is 12.7. The molecule has 1 aliphatic heterocycles. The van der Waals surface area contributed by atoms with E-state index in [2.05, 4.69) is 0 Å². The molecule has 0 aliphatic carbocycles. The van der Waals surface area contributed by atoms with Crippen molar-refractivity contribution in [3.63, 3.8) is 0 Å². The molecule has 0 spiro atoms. The summed E-state index contributed by atoms with van der Waals surface area (Å²) < 4.78 is 6.58. The largest absolute Gasteiger partial charge is 0.488 e. The maximum absolute atomic E-state index is 13.0. The molecule has 0 radical (unpaired) electrons.